The average molecular weight is 496 g/mol. The van der Waals surface area contributed by atoms with Gasteiger partial charge in [0.15, 0.2) is 0 Å². The number of amides is 1. The summed E-state index contributed by atoms with van der Waals surface area (Å²) in [6.07, 6.45) is 6.68. The van der Waals surface area contributed by atoms with Crippen molar-refractivity contribution < 1.29 is 18.7 Å². The van der Waals surface area contributed by atoms with E-state index in [-0.39, 0.29) is 11.1 Å². The van der Waals surface area contributed by atoms with E-state index in [1.807, 2.05) is 24.3 Å². The number of hydrogen-bond donors (Lipinski definition) is 2. The lowest BCUT2D eigenvalue weighted by Gasteiger charge is -2.34. The molecule has 0 bridgehead atoms. The average Bonchev–Trinajstić information content (AvgIpc) is 2.81. The van der Waals surface area contributed by atoms with Crippen LogP contribution in [-0.2, 0) is 9.53 Å². The number of benzene rings is 2. The first-order chi connectivity index (χ1) is 17.2. The summed E-state index contributed by atoms with van der Waals surface area (Å²) < 4.78 is 25.5. The van der Waals surface area contributed by atoms with Crippen molar-refractivity contribution in [3.8, 4) is 5.75 Å². The molecule has 3 rings (SSSR count). The zero-order chi connectivity index (χ0) is 26.1. The van der Waals surface area contributed by atoms with Crippen molar-refractivity contribution in [3.05, 3.63) is 52.7 Å². The normalized spacial score (nSPS) is 16.6. The first-order valence-corrected chi connectivity index (χ1v) is 12.5. The van der Waals surface area contributed by atoms with E-state index in [1.54, 1.807) is 26.3 Å². The Balaban J connectivity index is 1.68. The third-order valence-electron chi connectivity index (χ3n) is 6.56. The lowest BCUT2D eigenvalue weighted by molar-refractivity contribution is -0.117. The Morgan fingerprint density at radius 1 is 1.14 bits per heavy atom. The van der Waals surface area contributed by atoms with Gasteiger partial charge in [-0.15, -0.1) is 0 Å². The lowest BCUT2D eigenvalue weighted by Crippen LogP contribution is -2.31. The summed E-state index contributed by atoms with van der Waals surface area (Å²) in [7, 11) is 1.58. The van der Waals surface area contributed by atoms with Crippen LogP contribution in [0, 0.1) is 17.2 Å². The van der Waals surface area contributed by atoms with Gasteiger partial charge in [-0.1, -0.05) is 20.4 Å². The number of aliphatic imine (C=N–C) groups is 1. The van der Waals surface area contributed by atoms with Crippen LogP contribution in [0.5, 0.6) is 5.75 Å². The molecule has 0 radical (unpaired) electrons. The second kappa shape index (κ2) is 12.7. The van der Waals surface area contributed by atoms with E-state index in [0.29, 0.717) is 53.4 Å². The van der Waals surface area contributed by atoms with Gasteiger partial charge in [0.05, 0.1) is 11.8 Å². The van der Waals surface area contributed by atoms with Gasteiger partial charge in [-0.2, -0.15) is 0 Å². The Bertz CT molecular complexity index is 1170. The molecule has 194 valence electrons. The maximum absolute atomic E-state index is 15.0. The van der Waals surface area contributed by atoms with Gasteiger partial charge in [-0.25, -0.2) is 9.38 Å². The Morgan fingerprint density at radius 2 is 1.78 bits per heavy atom. The van der Waals surface area contributed by atoms with Crippen LogP contribution in [0.4, 0.5) is 15.8 Å². The number of anilines is 2. The Labute approximate surface area is 213 Å². The fourth-order valence-electron chi connectivity index (χ4n) is 4.43. The minimum Gasteiger partial charge on any atom is -0.491 e. The lowest BCUT2D eigenvalue weighted by atomic mass is 9.72. The molecule has 6 nitrogen and oxygen atoms in total. The van der Waals surface area contributed by atoms with Gasteiger partial charge >= 0.3 is 0 Å². The van der Waals surface area contributed by atoms with Crippen molar-refractivity contribution in [1.29, 1.82) is 0 Å². The molecule has 1 amide bonds. The molecule has 1 aliphatic rings. The maximum atomic E-state index is 15.0. The fraction of sp³-hybridized carbons (Fsp3) is 0.448. The van der Waals surface area contributed by atoms with Crippen LogP contribution in [-0.4, -0.2) is 32.4 Å². The van der Waals surface area contributed by atoms with E-state index >= 15 is 4.39 Å². The fourth-order valence-corrected chi connectivity index (χ4v) is 4.43. The van der Waals surface area contributed by atoms with E-state index in [4.69, 9.17) is 9.47 Å². The molecule has 1 aliphatic carbocycles. The topological polar surface area (TPSA) is 72.0 Å². The summed E-state index contributed by atoms with van der Waals surface area (Å²) in [4.78, 5) is 16.9. The number of carbonyl (C=O) groups excluding carboxylic acids is 1. The molecule has 7 heteroatoms. The molecule has 0 heterocycles. The number of ether oxygens (including phenoxy) is 2. The second-order valence-corrected chi connectivity index (χ2v) is 10.1. The molecule has 1 saturated carbocycles. The van der Waals surface area contributed by atoms with Gasteiger partial charge in [-0.05, 0) is 79.5 Å². The van der Waals surface area contributed by atoms with E-state index in [2.05, 4.69) is 36.1 Å². The van der Waals surface area contributed by atoms with Gasteiger partial charge in [0, 0.05) is 37.2 Å². The van der Waals surface area contributed by atoms with Crippen LogP contribution in [0.2, 0.25) is 0 Å². The molecule has 0 unspecified atom stereocenters. The van der Waals surface area contributed by atoms with Gasteiger partial charge < -0.3 is 20.1 Å². The number of nitrogens with zero attached hydrogens (tertiary/aromatic N) is 1. The van der Waals surface area contributed by atoms with Crippen LogP contribution in [0.25, 0.3) is 12.4 Å². The first kappa shape index (κ1) is 27.4. The third-order valence-corrected chi connectivity index (χ3v) is 6.56. The van der Waals surface area contributed by atoms with Crippen molar-refractivity contribution in [2.24, 2.45) is 16.3 Å². The van der Waals surface area contributed by atoms with Crippen LogP contribution in [0.3, 0.4) is 0 Å². The number of hydrogen-bond acceptors (Lipinski definition) is 5. The van der Waals surface area contributed by atoms with Crippen molar-refractivity contribution in [2.75, 3.05) is 31.0 Å². The summed E-state index contributed by atoms with van der Waals surface area (Å²) in [5.41, 5.74) is 1.83. The van der Waals surface area contributed by atoms with Crippen molar-refractivity contribution in [1.82, 2.24) is 0 Å². The Hall–Kier alpha value is -3.19. The highest BCUT2D eigenvalue weighted by Gasteiger charge is 2.27. The highest BCUT2D eigenvalue weighted by atomic mass is 19.1. The summed E-state index contributed by atoms with van der Waals surface area (Å²) in [6, 6.07) is 10.3. The van der Waals surface area contributed by atoms with Gasteiger partial charge in [-0.3, -0.25) is 4.79 Å². The molecule has 0 atom stereocenters. The Morgan fingerprint density at radius 3 is 2.36 bits per heavy atom. The quantitative estimate of drug-likeness (QED) is 0.356. The molecule has 0 spiro atoms. The summed E-state index contributed by atoms with van der Waals surface area (Å²) in [5, 5.41) is 6.88. The summed E-state index contributed by atoms with van der Waals surface area (Å²) in [6.45, 7) is 11.1. The van der Waals surface area contributed by atoms with Gasteiger partial charge in [0.1, 0.15) is 24.0 Å². The summed E-state index contributed by atoms with van der Waals surface area (Å²) in [5.74, 6) is 0.722. The van der Waals surface area contributed by atoms with Crippen LogP contribution in [0.1, 0.15) is 52.9 Å². The highest BCUT2D eigenvalue weighted by molar-refractivity contribution is 5.91. The highest BCUT2D eigenvalue weighted by Crippen LogP contribution is 2.39. The van der Waals surface area contributed by atoms with E-state index in [0.717, 1.165) is 18.5 Å². The minimum absolute atomic E-state index is 0.0415. The zero-order valence-corrected chi connectivity index (χ0v) is 21.8. The largest absolute Gasteiger partial charge is 0.491 e. The molecule has 2 N–H and O–H groups in total. The van der Waals surface area contributed by atoms with Gasteiger partial charge in [0.2, 0.25) is 5.91 Å². The predicted molar refractivity (Wildman–Crippen MR) is 145 cm³/mol. The van der Waals surface area contributed by atoms with Crippen LogP contribution >= 0.6 is 0 Å². The number of nitrogens with one attached hydrogen (secondary N) is 2. The molecule has 2 aromatic carbocycles. The van der Waals surface area contributed by atoms with Crippen molar-refractivity contribution in [2.45, 2.75) is 52.9 Å². The molecule has 36 heavy (non-hydrogen) atoms. The SMILES string of the molecule is C=c1cc(OCCOC)cc(F)/c1=C(/N=C\C)Nc1ccc(NC(=O)CC2CCC(C)(C)CC2)cc1. The Kier molecular flexibility index (Phi) is 9.65. The van der Waals surface area contributed by atoms with Gasteiger partial charge in [0.25, 0.3) is 0 Å². The van der Waals surface area contributed by atoms with Crippen LogP contribution in [0.15, 0.2) is 41.4 Å². The van der Waals surface area contributed by atoms with Crippen molar-refractivity contribution >= 4 is 35.9 Å². The molecular weight excluding hydrogens is 457 g/mol. The molecular formula is C29H38FN3O3. The van der Waals surface area contributed by atoms with Crippen LogP contribution < -0.4 is 25.8 Å². The minimum atomic E-state index is -0.488. The number of carbonyl (C=O) groups is 1. The molecule has 0 aliphatic heterocycles. The first-order valence-electron chi connectivity index (χ1n) is 12.5. The van der Waals surface area contributed by atoms with E-state index < -0.39 is 5.82 Å². The predicted octanol–water partition coefficient (Wildman–Crippen LogP) is 5.07. The molecule has 2 aromatic rings. The van der Waals surface area contributed by atoms with E-state index in [1.165, 1.54) is 18.9 Å². The molecule has 0 aromatic heterocycles. The summed E-state index contributed by atoms with van der Waals surface area (Å²) >= 11 is 0. The third kappa shape index (κ3) is 7.92. The number of rotatable bonds is 10. The van der Waals surface area contributed by atoms with Crippen molar-refractivity contribution in [3.63, 3.8) is 0 Å². The smallest absolute Gasteiger partial charge is 0.224 e. The number of methoxy groups -OCH3 is 1. The standard InChI is InChI=1S/C29H38FN3O3/c1-6-31-28(27-20(2)17-24(19-25(27)30)36-16-15-35-5)33-23-9-7-22(8-10-23)32-26(34)18-21-11-13-29(3,4)14-12-21/h6-10,17,19,21,33H,2,11-16,18H2,1,3-5H3,(H,32,34)/b28-27-,31-6-. The monoisotopic (exact) mass is 495 g/mol. The molecule has 1 fully saturated rings. The zero-order valence-electron chi connectivity index (χ0n) is 21.8. The second-order valence-electron chi connectivity index (χ2n) is 10.1. The number of halogens is 1. The maximum Gasteiger partial charge on any atom is 0.224 e. The van der Waals surface area contributed by atoms with E-state index in [9.17, 15) is 4.79 Å². The molecule has 0 saturated heterocycles.